The van der Waals surface area contributed by atoms with Gasteiger partial charge in [0.15, 0.2) is 0 Å². The van der Waals surface area contributed by atoms with Crippen LogP contribution in [0.3, 0.4) is 0 Å². The highest BCUT2D eigenvalue weighted by Gasteiger charge is 2.17. The third kappa shape index (κ3) is 21.0. The molecule has 0 saturated carbocycles. The monoisotopic (exact) mass is 688 g/mol. The summed E-state index contributed by atoms with van der Waals surface area (Å²) in [6.07, 6.45) is 4.71. The standard InChI is InChI=1S/C18H36N2O4.2C7H8O3S/c1-13(2)11-15(19)17(21)23-9-7-5-6-8-10-24-18(22)16(20)12-14(3)4;2*1-6-2-4-7(5-3-6)11(8,9)10/h13-16H,5-12,19-20H2,1-4H3;2*2-5H,1H3,(H,8,9,10). The summed E-state index contributed by atoms with van der Waals surface area (Å²) in [6.45, 7) is 12.6. The molecule has 0 amide bonds. The van der Waals surface area contributed by atoms with E-state index >= 15 is 0 Å². The Hall–Kier alpha value is -2.88. The minimum Gasteiger partial charge on any atom is -0.465 e. The van der Waals surface area contributed by atoms with Crippen molar-refractivity contribution in [2.24, 2.45) is 23.3 Å². The van der Waals surface area contributed by atoms with Gasteiger partial charge >= 0.3 is 11.9 Å². The number of hydrogen-bond donors (Lipinski definition) is 4. The first-order valence-electron chi connectivity index (χ1n) is 15.2. The average Bonchev–Trinajstić information content (AvgIpc) is 2.93. The van der Waals surface area contributed by atoms with Gasteiger partial charge in [0.1, 0.15) is 12.1 Å². The molecule has 0 spiro atoms. The minimum absolute atomic E-state index is 0.0666. The van der Waals surface area contributed by atoms with Crippen LogP contribution in [0.2, 0.25) is 0 Å². The van der Waals surface area contributed by atoms with Crippen molar-refractivity contribution >= 4 is 32.2 Å². The molecule has 0 bridgehead atoms. The molecule has 0 aliphatic rings. The number of benzene rings is 2. The summed E-state index contributed by atoms with van der Waals surface area (Å²) >= 11 is 0. The minimum atomic E-state index is -4.02. The highest BCUT2D eigenvalue weighted by Crippen LogP contribution is 2.10. The van der Waals surface area contributed by atoms with Crippen LogP contribution in [-0.2, 0) is 39.3 Å². The number of aryl methyl sites for hydroxylation is 2. The Bertz CT molecular complexity index is 1270. The molecular formula is C32H52N2O10S2. The number of carbonyl (C=O) groups excluding carboxylic acids is 2. The van der Waals surface area contributed by atoms with E-state index < -0.39 is 32.3 Å². The maximum absolute atomic E-state index is 11.6. The largest absolute Gasteiger partial charge is 0.465 e. The van der Waals surface area contributed by atoms with Crippen LogP contribution in [-0.4, -0.2) is 63.2 Å². The van der Waals surface area contributed by atoms with E-state index in [-0.39, 0.29) is 21.7 Å². The van der Waals surface area contributed by atoms with Crippen molar-refractivity contribution in [1.29, 1.82) is 0 Å². The third-order valence-corrected chi connectivity index (χ3v) is 7.96. The molecule has 0 fully saturated rings. The van der Waals surface area contributed by atoms with Crippen LogP contribution in [0.1, 0.15) is 77.3 Å². The normalized spacial score (nSPS) is 12.7. The first kappa shape index (κ1) is 43.1. The molecule has 0 heterocycles. The number of esters is 2. The lowest BCUT2D eigenvalue weighted by Gasteiger charge is -2.14. The highest BCUT2D eigenvalue weighted by molar-refractivity contribution is 7.86. The summed E-state index contributed by atoms with van der Waals surface area (Å²) in [7, 11) is -8.04. The Balaban J connectivity index is 0.000000753. The molecule has 2 atom stereocenters. The van der Waals surface area contributed by atoms with E-state index in [1.807, 2.05) is 41.5 Å². The van der Waals surface area contributed by atoms with Crippen LogP contribution in [0.4, 0.5) is 0 Å². The fourth-order valence-corrected chi connectivity index (χ4v) is 4.71. The van der Waals surface area contributed by atoms with E-state index in [1.165, 1.54) is 24.3 Å². The Morgan fingerprint density at radius 2 is 0.891 bits per heavy atom. The van der Waals surface area contributed by atoms with Crippen LogP contribution in [0.15, 0.2) is 58.3 Å². The fraction of sp³-hybridized carbons (Fsp3) is 0.562. The lowest BCUT2D eigenvalue weighted by molar-refractivity contribution is -0.146. The molecular weight excluding hydrogens is 636 g/mol. The Morgan fingerprint density at radius 1 is 0.609 bits per heavy atom. The zero-order valence-electron chi connectivity index (χ0n) is 27.7. The molecule has 14 heteroatoms. The Labute approximate surface area is 274 Å². The van der Waals surface area contributed by atoms with E-state index in [9.17, 15) is 26.4 Å². The lowest BCUT2D eigenvalue weighted by Crippen LogP contribution is -2.33. The van der Waals surface area contributed by atoms with Gasteiger partial charge in [-0.3, -0.25) is 18.7 Å². The van der Waals surface area contributed by atoms with E-state index in [0.717, 1.165) is 36.8 Å². The molecule has 0 aromatic heterocycles. The summed E-state index contributed by atoms with van der Waals surface area (Å²) in [4.78, 5) is 23.1. The van der Waals surface area contributed by atoms with E-state index in [2.05, 4.69) is 0 Å². The molecule has 2 aromatic rings. The van der Waals surface area contributed by atoms with E-state index in [1.54, 1.807) is 24.3 Å². The molecule has 2 unspecified atom stereocenters. The number of hydrogen-bond acceptors (Lipinski definition) is 10. The molecule has 6 N–H and O–H groups in total. The van der Waals surface area contributed by atoms with Crippen molar-refractivity contribution in [3.63, 3.8) is 0 Å². The number of rotatable bonds is 15. The zero-order valence-corrected chi connectivity index (χ0v) is 29.3. The fourth-order valence-electron chi connectivity index (χ4n) is 3.75. The second-order valence-electron chi connectivity index (χ2n) is 11.8. The predicted molar refractivity (Wildman–Crippen MR) is 177 cm³/mol. The molecule has 46 heavy (non-hydrogen) atoms. The lowest BCUT2D eigenvalue weighted by atomic mass is 10.1. The highest BCUT2D eigenvalue weighted by atomic mass is 32.2. The summed E-state index contributed by atoms with van der Waals surface area (Å²) in [5.74, 6) is 0.112. The van der Waals surface area contributed by atoms with Gasteiger partial charge < -0.3 is 20.9 Å². The average molecular weight is 689 g/mol. The van der Waals surface area contributed by atoms with Gasteiger partial charge in [0.25, 0.3) is 20.2 Å². The maximum Gasteiger partial charge on any atom is 0.322 e. The topological polar surface area (TPSA) is 213 Å². The third-order valence-electron chi connectivity index (χ3n) is 6.22. The predicted octanol–water partition coefficient (Wildman–Crippen LogP) is 4.86. The van der Waals surface area contributed by atoms with Crippen molar-refractivity contribution in [3.05, 3.63) is 59.7 Å². The second-order valence-corrected chi connectivity index (χ2v) is 14.6. The van der Waals surface area contributed by atoms with Crippen molar-refractivity contribution < 1.29 is 45.0 Å². The second kappa shape index (κ2) is 21.8. The molecule has 0 aliphatic heterocycles. The van der Waals surface area contributed by atoms with Gasteiger partial charge in [0.2, 0.25) is 0 Å². The van der Waals surface area contributed by atoms with Gasteiger partial charge in [0, 0.05) is 0 Å². The first-order valence-corrected chi connectivity index (χ1v) is 18.0. The summed E-state index contributed by atoms with van der Waals surface area (Å²) in [6, 6.07) is 10.9. The Kier molecular flexibility index (Phi) is 20.5. The first-order chi connectivity index (χ1) is 21.2. The van der Waals surface area contributed by atoms with E-state index in [4.69, 9.17) is 30.0 Å². The van der Waals surface area contributed by atoms with Gasteiger partial charge in [0.05, 0.1) is 23.0 Å². The van der Waals surface area contributed by atoms with Crippen LogP contribution in [0, 0.1) is 25.7 Å². The van der Waals surface area contributed by atoms with Crippen LogP contribution in [0.5, 0.6) is 0 Å². The number of nitrogens with two attached hydrogens (primary N) is 2. The van der Waals surface area contributed by atoms with Crippen LogP contribution >= 0.6 is 0 Å². The molecule has 262 valence electrons. The van der Waals surface area contributed by atoms with Gasteiger partial charge in [-0.25, -0.2) is 0 Å². The van der Waals surface area contributed by atoms with Crippen molar-refractivity contribution in [3.8, 4) is 0 Å². The molecule has 2 rings (SSSR count). The van der Waals surface area contributed by atoms with Crippen molar-refractivity contribution in [2.75, 3.05) is 13.2 Å². The van der Waals surface area contributed by atoms with E-state index in [0.29, 0.717) is 37.9 Å². The smallest absolute Gasteiger partial charge is 0.322 e. The van der Waals surface area contributed by atoms with Gasteiger partial charge in [-0.2, -0.15) is 16.8 Å². The Morgan fingerprint density at radius 3 is 1.13 bits per heavy atom. The summed E-state index contributed by atoms with van der Waals surface area (Å²) < 4.78 is 69.4. The summed E-state index contributed by atoms with van der Waals surface area (Å²) in [5, 5.41) is 0. The number of ether oxygens (including phenoxy) is 2. The quantitative estimate of drug-likeness (QED) is 0.112. The molecule has 12 nitrogen and oxygen atoms in total. The SMILES string of the molecule is CC(C)CC(N)C(=O)OCCCCCCOC(=O)C(N)CC(C)C.Cc1ccc(S(=O)(=O)O)cc1.Cc1ccc(S(=O)(=O)O)cc1. The maximum atomic E-state index is 11.6. The van der Waals surface area contributed by atoms with Gasteiger partial charge in [-0.05, 0) is 88.5 Å². The molecule has 2 aromatic carbocycles. The van der Waals surface area contributed by atoms with Gasteiger partial charge in [-0.15, -0.1) is 0 Å². The van der Waals surface area contributed by atoms with Crippen LogP contribution in [0.25, 0.3) is 0 Å². The molecule has 0 aliphatic carbocycles. The molecule has 0 radical (unpaired) electrons. The number of carbonyl (C=O) groups is 2. The van der Waals surface area contributed by atoms with Crippen molar-refractivity contribution in [1.82, 2.24) is 0 Å². The van der Waals surface area contributed by atoms with Crippen molar-refractivity contribution in [2.45, 2.75) is 102 Å². The molecule has 0 saturated heterocycles. The van der Waals surface area contributed by atoms with Gasteiger partial charge in [-0.1, -0.05) is 63.1 Å². The summed E-state index contributed by atoms with van der Waals surface area (Å²) in [5.41, 5.74) is 13.4. The number of unbranched alkanes of at least 4 members (excludes halogenated alkanes) is 3. The van der Waals surface area contributed by atoms with Crippen LogP contribution < -0.4 is 11.5 Å². The zero-order chi connectivity index (χ0) is 35.5.